The molecule has 0 spiro atoms. The minimum atomic E-state index is -4.47. The molecule has 0 aliphatic carbocycles. The summed E-state index contributed by atoms with van der Waals surface area (Å²) < 4.78 is 30.6. The minimum absolute atomic E-state index is 0.0273. The number of carbonyl (C=O) groups is 2. The van der Waals surface area contributed by atoms with E-state index in [0.29, 0.717) is 17.4 Å². The molecule has 3 unspecified atom stereocenters. The van der Waals surface area contributed by atoms with Gasteiger partial charge in [0, 0.05) is 12.8 Å². The van der Waals surface area contributed by atoms with Crippen molar-refractivity contribution >= 4 is 19.7 Å². The van der Waals surface area contributed by atoms with Crippen molar-refractivity contribution < 1.29 is 37.3 Å². The number of phosphoric acid groups is 1. The summed E-state index contributed by atoms with van der Waals surface area (Å²) in [6.45, 7) is 6.84. The molecule has 10 heteroatoms. The topological polar surface area (TPSA) is 111 Å². The number of unbranched alkanes of at least 4 members (excludes halogenated alkanes) is 27. The number of ether oxygens (including phenoxy) is 1. The van der Waals surface area contributed by atoms with E-state index in [1.807, 2.05) is 39.4 Å². The average Bonchev–Trinajstić information content (AvgIpc) is 3.40. The molecule has 0 saturated carbocycles. The summed E-state index contributed by atoms with van der Waals surface area (Å²) in [6.07, 6.45) is 77.2. The number of amides is 1. The first-order valence-electron chi connectivity index (χ1n) is 32.1. The van der Waals surface area contributed by atoms with Crippen molar-refractivity contribution in [2.75, 3.05) is 40.9 Å². The molecule has 0 rings (SSSR count). The van der Waals surface area contributed by atoms with Gasteiger partial charge in [-0.3, -0.25) is 18.6 Å². The first kappa shape index (κ1) is 74.9. The Morgan fingerprint density at radius 2 is 0.833 bits per heavy atom. The molecular formula is C68H122N2O7P+. The first-order valence-corrected chi connectivity index (χ1v) is 33.6. The van der Waals surface area contributed by atoms with Crippen LogP contribution >= 0.6 is 7.82 Å². The van der Waals surface area contributed by atoms with Crippen LogP contribution in [0.3, 0.4) is 0 Å². The van der Waals surface area contributed by atoms with E-state index in [1.165, 1.54) is 141 Å². The van der Waals surface area contributed by atoms with Crippen LogP contribution in [0.4, 0.5) is 0 Å². The van der Waals surface area contributed by atoms with E-state index in [-0.39, 0.29) is 37.9 Å². The molecule has 0 aromatic rings. The van der Waals surface area contributed by atoms with Gasteiger partial charge in [-0.05, 0) is 96.0 Å². The number of esters is 1. The molecule has 0 fully saturated rings. The molecule has 0 bridgehead atoms. The van der Waals surface area contributed by atoms with Crippen molar-refractivity contribution in [2.24, 2.45) is 0 Å². The number of allylic oxidation sites excluding steroid dienone is 15. The van der Waals surface area contributed by atoms with Crippen LogP contribution in [0.1, 0.15) is 271 Å². The summed E-state index contributed by atoms with van der Waals surface area (Å²) in [5.74, 6) is -0.588. The quantitative estimate of drug-likeness (QED) is 0.0205. The molecule has 0 radical (unpaired) electrons. The second-order valence-electron chi connectivity index (χ2n) is 22.5. The van der Waals surface area contributed by atoms with Crippen LogP contribution < -0.4 is 5.32 Å². The van der Waals surface area contributed by atoms with E-state index in [9.17, 15) is 19.0 Å². The predicted octanol–water partition coefficient (Wildman–Crippen LogP) is 19.9. The molecule has 0 aromatic heterocycles. The highest BCUT2D eigenvalue weighted by molar-refractivity contribution is 7.47. The van der Waals surface area contributed by atoms with E-state index in [1.54, 1.807) is 0 Å². The maximum Gasteiger partial charge on any atom is 0.472 e. The normalized spacial score (nSPS) is 14.3. The Hall–Kier alpha value is -3.07. The number of likely N-dealkylation sites (N-methyl/N-ethyl adjacent to an activating group) is 1. The van der Waals surface area contributed by atoms with Crippen LogP contribution in [0.2, 0.25) is 0 Å². The molecule has 2 N–H and O–H groups in total. The maximum atomic E-state index is 13.5. The highest BCUT2D eigenvalue weighted by Gasteiger charge is 2.30. The summed E-state index contributed by atoms with van der Waals surface area (Å²) in [6, 6.07) is -0.884. The standard InChI is InChI=1S/C68H121N2O7P/c1-7-10-13-16-19-22-25-28-29-30-31-32-33-34-35-36-37-38-39-40-41-43-46-49-52-55-58-61-68(72)77-66(59-56-53-50-47-44-27-24-21-18-15-12-9-3)65(64-76-78(73,74)75-63-62-70(4,5)6)69-67(71)60-57-54-51-48-45-42-26-23-20-17-14-11-8-2/h10,13,19,22,28-29,31-32,34-35,42,45,51,54,56,59,65-66H,7-9,11-12,14-18,20-21,23-27,30,33,36-41,43-44,46-50,52-53,55,57-58,60-64H2,1-6H3,(H-,69,71,73,74)/p+1/b13-10-,22-19-,29-28-,32-31-,35-34-,45-42-,54-51+,59-56-. The van der Waals surface area contributed by atoms with Crippen molar-refractivity contribution in [1.82, 2.24) is 5.32 Å². The third-order valence-electron chi connectivity index (χ3n) is 13.8. The smallest absolute Gasteiger partial charge is 0.456 e. The van der Waals surface area contributed by atoms with Crippen molar-refractivity contribution in [2.45, 2.75) is 283 Å². The summed E-state index contributed by atoms with van der Waals surface area (Å²) in [4.78, 5) is 37.6. The van der Waals surface area contributed by atoms with E-state index >= 15 is 0 Å². The van der Waals surface area contributed by atoms with E-state index in [4.69, 9.17) is 13.8 Å². The second kappa shape index (κ2) is 57.2. The van der Waals surface area contributed by atoms with Gasteiger partial charge in [0.05, 0.1) is 33.8 Å². The summed E-state index contributed by atoms with van der Waals surface area (Å²) in [5.41, 5.74) is 0. The molecule has 0 aliphatic rings. The predicted molar refractivity (Wildman–Crippen MR) is 337 cm³/mol. The molecule has 0 aromatic carbocycles. The molecule has 0 heterocycles. The van der Waals surface area contributed by atoms with Crippen molar-refractivity contribution in [1.29, 1.82) is 0 Å². The van der Waals surface area contributed by atoms with Gasteiger partial charge < -0.3 is 19.4 Å². The zero-order chi connectivity index (χ0) is 57.2. The number of carbonyl (C=O) groups excluding carboxylic acids is 2. The SMILES string of the molecule is CC/C=C\C/C=C\C/C=C\C/C=C\C/C=C\CCCCCCCCCCCCCC(=O)OC(/C=C\CCCCCCCCCCCC)C(COP(=O)(O)OCC[N+](C)(C)C)NC(=O)CC/C=C/C/C=C\CCCCCCCC. The molecule has 450 valence electrons. The third-order valence-corrected chi connectivity index (χ3v) is 14.8. The Balaban J connectivity index is 5.12. The molecule has 0 aliphatic heterocycles. The van der Waals surface area contributed by atoms with Gasteiger partial charge in [0.1, 0.15) is 19.3 Å². The molecule has 3 atom stereocenters. The summed E-state index contributed by atoms with van der Waals surface area (Å²) in [5, 5.41) is 3.01. The van der Waals surface area contributed by atoms with Gasteiger partial charge in [0.15, 0.2) is 0 Å². The lowest BCUT2D eigenvalue weighted by Crippen LogP contribution is -2.47. The van der Waals surface area contributed by atoms with Gasteiger partial charge >= 0.3 is 13.8 Å². The Labute approximate surface area is 481 Å². The van der Waals surface area contributed by atoms with Gasteiger partial charge in [0.2, 0.25) is 5.91 Å². The fourth-order valence-corrected chi connectivity index (χ4v) is 9.58. The van der Waals surface area contributed by atoms with Crippen LogP contribution in [-0.4, -0.2) is 74.3 Å². The minimum Gasteiger partial charge on any atom is -0.456 e. The fraction of sp³-hybridized carbons (Fsp3) is 0.735. The van der Waals surface area contributed by atoms with Crippen molar-refractivity contribution in [3.8, 4) is 0 Å². The van der Waals surface area contributed by atoms with Crippen LogP contribution in [-0.2, 0) is 27.9 Å². The highest BCUT2D eigenvalue weighted by Crippen LogP contribution is 2.43. The van der Waals surface area contributed by atoms with E-state index < -0.39 is 20.0 Å². The summed E-state index contributed by atoms with van der Waals surface area (Å²) >= 11 is 0. The molecule has 78 heavy (non-hydrogen) atoms. The highest BCUT2D eigenvalue weighted by atomic mass is 31.2. The van der Waals surface area contributed by atoms with Gasteiger partial charge in [0.25, 0.3) is 0 Å². The van der Waals surface area contributed by atoms with Crippen LogP contribution in [0, 0.1) is 0 Å². The second-order valence-corrected chi connectivity index (χ2v) is 24.0. The van der Waals surface area contributed by atoms with Crippen molar-refractivity contribution in [3.63, 3.8) is 0 Å². The van der Waals surface area contributed by atoms with Crippen LogP contribution in [0.5, 0.6) is 0 Å². The van der Waals surface area contributed by atoms with E-state index in [2.05, 4.69) is 105 Å². The molecule has 0 saturated heterocycles. The summed E-state index contributed by atoms with van der Waals surface area (Å²) in [7, 11) is 1.46. The monoisotopic (exact) mass is 1110 g/mol. The Morgan fingerprint density at radius 1 is 0.462 bits per heavy atom. The van der Waals surface area contributed by atoms with Crippen molar-refractivity contribution in [3.05, 3.63) is 97.2 Å². The van der Waals surface area contributed by atoms with Gasteiger partial charge in [-0.25, -0.2) is 4.57 Å². The lowest BCUT2D eigenvalue weighted by atomic mass is 10.0. The van der Waals surface area contributed by atoms with E-state index in [0.717, 1.165) is 89.9 Å². The Bertz CT molecular complexity index is 1660. The maximum absolute atomic E-state index is 13.5. The number of hydrogen-bond acceptors (Lipinski definition) is 6. The first-order chi connectivity index (χ1) is 37.9. The Morgan fingerprint density at radius 3 is 1.26 bits per heavy atom. The Kier molecular flexibility index (Phi) is 54.9. The fourth-order valence-electron chi connectivity index (χ4n) is 8.84. The van der Waals surface area contributed by atoms with Crippen LogP contribution in [0.25, 0.3) is 0 Å². The lowest BCUT2D eigenvalue weighted by Gasteiger charge is -2.27. The molecule has 1 amide bonds. The van der Waals surface area contributed by atoms with Gasteiger partial charge in [-0.1, -0.05) is 260 Å². The number of nitrogens with one attached hydrogen (secondary N) is 1. The number of rotatable bonds is 57. The van der Waals surface area contributed by atoms with Gasteiger partial charge in [-0.2, -0.15) is 0 Å². The lowest BCUT2D eigenvalue weighted by molar-refractivity contribution is -0.870. The molecular weight excluding hydrogens is 988 g/mol. The third kappa shape index (κ3) is 57.6. The van der Waals surface area contributed by atoms with Gasteiger partial charge in [-0.15, -0.1) is 0 Å². The average molecular weight is 1110 g/mol. The van der Waals surface area contributed by atoms with Crippen LogP contribution in [0.15, 0.2) is 97.2 Å². The number of hydrogen-bond donors (Lipinski definition) is 2. The number of quaternary nitrogens is 1. The number of phosphoric ester groups is 1. The largest absolute Gasteiger partial charge is 0.472 e. The zero-order valence-electron chi connectivity index (χ0n) is 51.4. The molecule has 9 nitrogen and oxygen atoms in total. The number of nitrogens with zero attached hydrogens (tertiary/aromatic N) is 1. The zero-order valence-corrected chi connectivity index (χ0v) is 52.3.